The fraction of sp³-hybridized carbons (Fsp3) is 0.222. The normalized spacial score (nSPS) is 17.6. The Kier molecular flexibility index (Phi) is 3.46. The van der Waals surface area contributed by atoms with Gasteiger partial charge in [0.2, 0.25) is 0 Å². The molecule has 116 valence electrons. The molecule has 0 spiro atoms. The highest BCUT2D eigenvalue weighted by atomic mass is 16.3. The number of aromatic nitrogens is 1. The summed E-state index contributed by atoms with van der Waals surface area (Å²) in [7, 11) is 0. The molecule has 1 fully saturated rings. The number of amides is 1. The number of anilines is 1. The number of hydrogen-bond acceptors (Lipinski definition) is 4. The Hall–Kier alpha value is -2.82. The second-order valence-corrected chi connectivity index (χ2v) is 5.77. The standard InChI is InChI=1S/C18H17N3O2/c22-18(17-10-13-11-19-8-6-16(13)23-17)21-9-7-15(12-21)20-14-4-2-1-3-5-14/h1-6,8,10-11,15,20H,7,9,12H2. The van der Waals surface area contributed by atoms with E-state index in [1.807, 2.05) is 35.2 Å². The molecule has 0 bridgehead atoms. The summed E-state index contributed by atoms with van der Waals surface area (Å²) in [6.07, 6.45) is 4.30. The Morgan fingerprint density at radius 1 is 1.26 bits per heavy atom. The first-order valence-corrected chi connectivity index (χ1v) is 7.74. The minimum Gasteiger partial charge on any atom is -0.451 e. The van der Waals surface area contributed by atoms with Crippen LogP contribution < -0.4 is 5.32 Å². The minimum absolute atomic E-state index is 0.0569. The molecule has 1 saturated heterocycles. The lowest BCUT2D eigenvalue weighted by atomic mass is 10.2. The number of para-hydroxylation sites is 1. The number of furan rings is 1. The fourth-order valence-electron chi connectivity index (χ4n) is 2.98. The SMILES string of the molecule is O=C(c1cc2cnccc2o1)N1CCC(Nc2ccccc2)C1. The summed E-state index contributed by atoms with van der Waals surface area (Å²) in [5.74, 6) is 0.326. The number of rotatable bonds is 3. The highest BCUT2D eigenvalue weighted by Crippen LogP contribution is 2.22. The molecule has 1 N–H and O–H groups in total. The fourth-order valence-corrected chi connectivity index (χ4v) is 2.98. The van der Waals surface area contributed by atoms with E-state index >= 15 is 0 Å². The van der Waals surface area contributed by atoms with E-state index in [-0.39, 0.29) is 11.9 Å². The molecule has 1 amide bonds. The highest BCUT2D eigenvalue weighted by Gasteiger charge is 2.28. The molecule has 0 saturated carbocycles. The summed E-state index contributed by atoms with van der Waals surface area (Å²) in [6, 6.07) is 13.9. The number of carbonyl (C=O) groups excluding carboxylic acids is 1. The van der Waals surface area contributed by atoms with Gasteiger partial charge in [-0.1, -0.05) is 18.2 Å². The van der Waals surface area contributed by atoms with E-state index in [1.54, 1.807) is 24.5 Å². The zero-order valence-corrected chi connectivity index (χ0v) is 12.6. The Morgan fingerprint density at radius 2 is 2.13 bits per heavy atom. The lowest BCUT2D eigenvalue weighted by Crippen LogP contribution is -2.31. The molecule has 1 unspecified atom stereocenters. The van der Waals surface area contributed by atoms with E-state index in [1.165, 1.54) is 0 Å². The molecule has 4 rings (SSSR count). The second kappa shape index (κ2) is 5.76. The van der Waals surface area contributed by atoms with E-state index < -0.39 is 0 Å². The largest absolute Gasteiger partial charge is 0.451 e. The van der Waals surface area contributed by atoms with Gasteiger partial charge in [0.15, 0.2) is 5.76 Å². The van der Waals surface area contributed by atoms with Crippen molar-refractivity contribution in [2.24, 2.45) is 0 Å². The predicted molar refractivity (Wildman–Crippen MR) is 88.4 cm³/mol. The van der Waals surface area contributed by atoms with Crippen LogP contribution in [0.1, 0.15) is 17.0 Å². The van der Waals surface area contributed by atoms with Gasteiger partial charge in [0.25, 0.3) is 5.91 Å². The summed E-state index contributed by atoms with van der Waals surface area (Å²) in [5, 5.41) is 4.32. The average Bonchev–Trinajstić information content (AvgIpc) is 3.21. The van der Waals surface area contributed by atoms with E-state index in [0.29, 0.717) is 17.9 Å². The molecule has 0 aliphatic carbocycles. The van der Waals surface area contributed by atoms with Gasteiger partial charge < -0.3 is 14.6 Å². The molecule has 5 heteroatoms. The van der Waals surface area contributed by atoms with Crippen molar-refractivity contribution in [1.29, 1.82) is 0 Å². The van der Waals surface area contributed by atoms with Crippen molar-refractivity contribution in [3.63, 3.8) is 0 Å². The van der Waals surface area contributed by atoms with Crippen molar-refractivity contribution in [2.75, 3.05) is 18.4 Å². The van der Waals surface area contributed by atoms with Crippen LogP contribution in [0.15, 0.2) is 59.3 Å². The maximum absolute atomic E-state index is 12.6. The average molecular weight is 307 g/mol. The third-order valence-electron chi connectivity index (χ3n) is 4.15. The van der Waals surface area contributed by atoms with Gasteiger partial charge in [-0.05, 0) is 30.7 Å². The number of carbonyl (C=O) groups is 1. The van der Waals surface area contributed by atoms with Crippen molar-refractivity contribution >= 4 is 22.6 Å². The van der Waals surface area contributed by atoms with Crippen LogP contribution in [0.5, 0.6) is 0 Å². The smallest absolute Gasteiger partial charge is 0.289 e. The number of likely N-dealkylation sites (tertiary alicyclic amines) is 1. The van der Waals surface area contributed by atoms with Crippen LogP contribution in [-0.2, 0) is 0 Å². The monoisotopic (exact) mass is 307 g/mol. The molecule has 5 nitrogen and oxygen atoms in total. The zero-order chi connectivity index (χ0) is 15.6. The van der Waals surface area contributed by atoms with Crippen molar-refractivity contribution in [3.05, 3.63) is 60.6 Å². The second-order valence-electron chi connectivity index (χ2n) is 5.77. The maximum Gasteiger partial charge on any atom is 0.289 e. The van der Waals surface area contributed by atoms with Gasteiger partial charge in [-0.3, -0.25) is 9.78 Å². The predicted octanol–water partition coefficient (Wildman–Crippen LogP) is 3.15. The molecule has 3 aromatic rings. The topological polar surface area (TPSA) is 58.4 Å². The summed E-state index contributed by atoms with van der Waals surface area (Å²) in [6.45, 7) is 1.42. The van der Waals surface area contributed by atoms with Gasteiger partial charge in [0.05, 0.1) is 0 Å². The van der Waals surface area contributed by atoms with Crippen LogP contribution in [-0.4, -0.2) is 34.9 Å². The van der Waals surface area contributed by atoms with Crippen LogP contribution in [0.25, 0.3) is 11.0 Å². The van der Waals surface area contributed by atoms with E-state index in [0.717, 1.165) is 24.0 Å². The quantitative estimate of drug-likeness (QED) is 0.807. The molecule has 1 aliphatic heterocycles. The maximum atomic E-state index is 12.6. The van der Waals surface area contributed by atoms with Gasteiger partial charge in [0.1, 0.15) is 5.58 Å². The summed E-state index contributed by atoms with van der Waals surface area (Å²) < 4.78 is 5.64. The lowest BCUT2D eigenvalue weighted by Gasteiger charge is -2.16. The molecule has 3 heterocycles. The molecular formula is C18H17N3O2. The van der Waals surface area contributed by atoms with Crippen molar-refractivity contribution < 1.29 is 9.21 Å². The molecule has 0 radical (unpaired) electrons. The third kappa shape index (κ3) is 2.77. The number of pyridine rings is 1. The van der Waals surface area contributed by atoms with Gasteiger partial charge in [0, 0.05) is 42.6 Å². The number of fused-ring (bicyclic) bond motifs is 1. The van der Waals surface area contributed by atoms with Gasteiger partial charge in [-0.25, -0.2) is 0 Å². The molecule has 2 aromatic heterocycles. The number of benzene rings is 1. The van der Waals surface area contributed by atoms with Gasteiger partial charge in [-0.15, -0.1) is 0 Å². The van der Waals surface area contributed by atoms with Crippen LogP contribution in [0.4, 0.5) is 5.69 Å². The summed E-state index contributed by atoms with van der Waals surface area (Å²) >= 11 is 0. The first-order valence-electron chi connectivity index (χ1n) is 7.74. The van der Waals surface area contributed by atoms with Crippen molar-refractivity contribution in [1.82, 2.24) is 9.88 Å². The third-order valence-corrected chi connectivity index (χ3v) is 4.15. The molecule has 1 atom stereocenters. The van der Waals surface area contributed by atoms with Crippen molar-refractivity contribution in [3.8, 4) is 0 Å². The van der Waals surface area contributed by atoms with Crippen LogP contribution in [0.2, 0.25) is 0 Å². The van der Waals surface area contributed by atoms with Gasteiger partial charge in [-0.2, -0.15) is 0 Å². The number of nitrogens with one attached hydrogen (secondary N) is 1. The Morgan fingerprint density at radius 3 is 2.96 bits per heavy atom. The Balaban J connectivity index is 1.45. The van der Waals surface area contributed by atoms with Crippen LogP contribution >= 0.6 is 0 Å². The molecule has 1 aromatic carbocycles. The first-order chi connectivity index (χ1) is 11.3. The zero-order valence-electron chi connectivity index (χ0n) is 12.6. The van der Waals surface area contributed by atoms with Crippen LogP contribution in [0, 0.1) is 0 Å². The lowest BCUT2D eigenvalue weighted by molar-refractivity contribution is 0.0762. The molecule has 23 heavy (non-hydrogen) atoms. The van der Waals surface area contributed by atoms with Crippen molar-refractivity contribution in [2.45, 2.75) is 12.5 Å². The highest BCUT2D eigenvalue weighted by molar-refractivity contribution is 5.96. The number of hydrogen-bond donors (Lipinski definition) is 1. The molecular weight excluding hydrogens is 290 g/mol. The van der Waals surface area contributed by atoms with Crippen LogP contribution in [0.3, 0.4) is 0 Å². The van der Waals surface area contributed by atoms with E-state index in [4.69, 9.17) is 4.42 Å². The Bertz CT molecular complexity index is 795. The summed E-state index contributed by atoms with van der Waals surface area (Å²) in [4.78, 5) is 18.5. The first kappa shape index (κ1) is 13.8. The Labute approximate surface area is 133 Å². The summed E-state index contributed by atoms with van der Waals surface area (Å²) in [5.41, 5.74) is 1.78. The van der Waals surface area contributed by atoms with E-state index in [9.17, 15) is 4.79 Å². The minimum atomic E-state index is -0.0569. The number of nitrogens with zero attached hydrogens (tertiary/aromatic N) is 2. The van der Waals surface area contributed by atoms with Gasteiger partial charge >= 0.3 is 0 Å². The van der Waals surface area contributed by atoms with E-state index in [2.05, 4.69) is 10.3 Å². The molecule has 1 aliphatic rings.